The van der Waals surface area contributed by atoms with Gasteiger partial charge in [-0.25, -0.2) is 0 Å². The van der Waals surface area contributed by atoms with Crippen LogP contribution >= 0.6 is 0 Å². The van der Waals surface area contributed by atoms with Gasteiger partial charge in [0.2, 0.25) is 5.56 Å². The number of hydrogen-bond acceptors (Lipinski definition) is 2. The van der Waals surface area contributed by atoms with Gasteiger partial charge in [-0.05, 0) is 43.6 Å². The summed E-state index contributed by atoms with van der Waals surface area (Å²) in [6, 6.07) is 4.99. The monoisotopic (exact) mass is 232 g/mol. The molecule has 1 aromatic heterocycles. The molecule has 0 bridgehead atoms. The summed E-state index contributed by atoms with van der Waals surface area (Å²) in [5.74, 6) is 1.19. The van der Waals surface area contributed by atoms with E-state index in [4.69, 9.17) is 0 Å². The van der Waals surface area contributed by atoms with E-state index in [0.717, 1.165) is 0 Å². The van der Waals surface area contributed by atoms with Crippen molar-refractivity contribution >= 4 is 5.91 Å². The van der Waals surface area contributed by atoms with E-state index in [1.807, 2.05) is 0 Å². The minimum Gasteiger partial charge on any atom is -0.347 e. The third kappa shape index (κ3) is 2.40. The Labute approximate surface area is 99.4 Å². The van der Waals surface area contributed by atoms with E-state index in [2.05, 4.69) is 10.3 Å². The Morgan fingerprint density at radius 1 is 1.24 bits per heavy atom. The third-order valence-electron chi connectivity index (χ3n) is 3.57. The number of rotatable bonds is 4. The van der Waals surface area contributed by atoms with E-state index in [-0.39, 0.29) is 11.5 Å². The number of carbonyl (C=O) groups excluding carboxylic acids is 1. The lowest BCUT2D eigenvalue weighted by Crippen LogP contribution is -2.38. The molecule has 1 amide bonds. The Kier molecular flexibility index (Phi) is 2.50. The molecule has 17 heavy (non-hydrogen) atoms. The van der Waals surface area contributed by atoms with Crippen LogP contribution in [0.2, 0.25) is 0 Å². The summed E-state index contributed by atoms with van der Waals surface area (Å²) >= 11 is 0. The zero-order valence-electron chi connectivity index (χ0n) is 9.61. The summed E-state index contributed by atoms with van der Waals surface area (Å²) in [5, 5.41) is 3.08. The van der Waals surface area contributed by atoms with Crippen molar-refractivity contribution in [3.63, 3.8) is 0 Å². The Bertz CT molecular complexity index is 474. The maximum atomic E-state index is 12.0. The SMILES string of the molecule is O=C(NC(C1CC1)C1CC1)c1cccc(=O)[nH]1. The van der Waals surface area contributed by atoms with Gasteiger partial charge in [-0.1, -0.05) is 6.07 Å². The molecular weight excluding hydrogens is 216 g/mol. The van der Waals surface area contributed by atoms with Gasteiger partial charge in [0.1, 0.15) is 5.69 Å². The normalized spacial score (nSPS) is 19.4. The van der Waals surface area contributed by atoms with E-state index in [1.54, 1.807) is 12.1 Å². The van der Waals surface area contributed by atoms with Crippen LogP contribution in [-0.2, 0) is 0 Å². The average molecular weight is 232 g/mol. The first kappa shape index (κ1) is 10.6. The molecule has 3 rings (SSSR count). The highest BCUT2D eigenvalue weighted by atomic mass is 16.2. The van der Waals surface area contributed by atoms with Crippen LogP contribution in [0.3, 0.4) is 0 Å². The predicted octanol–water partition coefficient (Wildman–Crippen LogP) is 1.29. The van der Waals surface area contributed by atoms with Crippen LogP contribution in [0.15, 0.2) is 23.0 Å². The lowest BCUT2D eigenvalue weighted by Gasteiger charge is -2.17. The van der Waals surface area contributed by atoms with E-state index in [1.165, 1.54) is 31.7 Å². The molecule has 4 heteroatoms. The number of amides is 1. The lowest BCUT2D eigenvalue weighted by molar-refractivity contribution is 0.0921. The second-order valence-corrected chi connectivity index (χ2v) is 5.10. The predicted molar refractivity (Wildman–Crippen MR) is 63.8 cm³/mol. The van der Waals surface area contributed by atoms with Crippen molar-refractivity contribution in [2.45, 2.75) is 31.7 Å². The van der Waals surface area contributed by atoms with E-state index in [0.29, 0.717) is 23.6 Å². The molecule has 0 saturated heterocycles. The van der Waals surface area contributed by atoms with Gasteiger partial charge in [0.25, 0.3) is 5.91 Å². The van der Waals surface area contributed by atoms with Crippen LogP contribution in [0, 0.1) is 11.8 Å². The molecule has 2 aliphatic carbocycles. The standard InChI is InChI=1S/C13H16N2O2/c16-11-3-1-2-10(14-11)13(17)15-12(8-4-5-8)9-6-7-9/h1-3,8-9,12H,4-7H2,(H,14,16)(H,15,17). The molecule has 2 saturated carbocycles. The molecule has 2 fully saturated rings. The minimum atomic E-state index is -0.230. The Morgan fingerprint density at radius 3 is 2.41 bits per heavy atom. The van der Waals surface area contributed by atoms with Gasteiger partial charge in [0.15, 0.2) is 0 Å². The molecule has 1 aromatic rings. The lowest BCUT2D eigenvalue weighted by atomic mass is 10.1. The smallest absolute Gasteiger partial charge is 0.268 e. The van der Waals surface area contributed by atoms with Crippen LogP contribution in [-0.4, -0.2) is 16.9 Å². The molecule has 0 radical (unpaired) electrons. The van der Waals surface area contributed by atoms with Crippen LogP contribution < -0.4 is 10.9 Å². The first-order valence-corrected chi connectivity index (χ1v) is 6.24. The van der Waals surface area contributed by atoms with Crippen LogP contribution in [0.1, 0.15) is 36.2 Å². The Balaban J connectivity index is 1.71. The van der Waals surface area contributed by atoms with Gasteiger partial charge in [0, 0.05) is 12.1 Å². The van der Waals surface area contributed by atoms with Gasteiger partial charge in [-0.2, -0.15) is 0 Å². The van der Waals surface area contributed by atoms with Crippen molar-refractivity contribution in [3.8, 4) is 0 Å². The highest BCUT2D eigenvalue weighted by Gasteiger charge is 2.42. The largest absolute Gasteiger partial charge is 0.347 e. The zero-order valence-corrected chi connectivity index (χ0v) is 9.61. The summed E-state index contributed by atoms with van der Waals surface area (Å²) in [4.78, 5) is 25.7. The number of H-pyrrole nitrogens is 1. The summed E-state index contributed by atoms with van der Waals surface area (Å²) < 4.78 is 0. The topological polar surface area (TPSA) is 62.0 Å². The number of hydrogen-bond donors (Lipinski definition) is 2. The fourth-order valence-corrected chi connectivity index (χ4v) is 2.34. The van der Waals surface area contributed by atoms with Crippen molar-refractivity contribution in [2.24, 2.45) is 11.8 Å². The number of pyridine rings is 1. The second-order valence-electron chi connectivity index (χ2n) is 5.10. The second kappa shape index (κ2) is 4.02. The molecule has 1 heterocycles. The fourth-order valence-electron chi connectivity index (χ4n) is 2.34. The van der Waals surface area contributed by atoms with Gasteiger partial charge in [-0.15, -0.1) is 0 Å². The number of aromatic amines is 1. The van der Waals surface area contributed by atoms with Gasteiger partial charge in [-0.3, -0.25) is 9.59 Å². The average Bonchev–Trinajstić information content (AvgIpc) is 3.16. The fraction of sp³-hybridized carbons (Fsp3) is 0.538. The number of carbonyl (C=O) groups is 1. The first-order chi connectivity index (χ1) is 8.24. The third-order valence-corrected chi connectivity index (χ3v) is 3.57. The highest BCUT2D eigenvalue weighted by Crippen LogP contribution is 2.44. The van der Waals surface area contributed by atoms with E-state index >= 15 is 0 Å². The van der Waals surface area contributed by atoms with Crippen molar-refractivity contribution in [1.29, 1.82) is 0 Å². The highest BCUT2D eigenvalue weighted by molar-refractivity contribution is 5.92. The van der Waals surface area contributed by atoms with Crippen LogP contribution in [0.4, 0.5) is 0 Å². The molecule has 2 aliphatic rings. The quantitative estimate of drug-likeness (QED) is 0.821. The molecule has 0 aromatic carbocycles. The van der Waals surface area contributed by atoms with Crippen LogP contribution in [0.25, 0.3) is 0 Å². The van der Waals surface area contributed by atoms with Gasteiger partial charge in [0.05, 0.1) is 0 Å². The molecule has 4 nitrogen and oxygen atoms in total. The zero-order chi connectivity index (χ0) is 11.8. The summed E-state index contributed by atoms with van der Waals surface area (Å²) in [6.45, 7) is 0. The maximum absolute atomic E-state index is 12.0. The van der Waals surface area contributed by atoms with Gasteiger partial charge < -0.3 is 10.3 Å². The summed E-state index contributed by atoms with van der Waals surface area (Å²) in [7, 11) is 0. The molecule has 0 spiro atoms. The van der Waals surface area contributed by atoms with Crippen molar-refractivity contribution in [3.05, 3.63) is 34.2 Å². The van der Waals surface area contributed by atoms with Crippen molar-refractivity contribution in [1.82, 2.24) is 10.3 Å². The molecule has 2 N–H and O–H groups in total. The molecular formula is C13H16N2O2. The molecule has 0 unspecified atom stereocenters. The number of nitrogens with one attached hydrogen (secondary N) is 2. The van der Waals surface area contributed by atoms with Gasteiger partial charge >= 0.3 is 0 Å². The minimum absolute atomic E-state index is 0.147. The van der Waals surface area contributed by atoms with E-state index in [9.17, 15) is 9.59 Å². The molecule has 0 atom stereocenters. The Morgan fingerprint density at radius 2 is 1.88 bits per heavy atom. The maximum Gasteiger partial charge on any atom is 0.268 e. The van der Waals surface area contributed by atoms with Crippen LogP contribution in [0.5, 0.6) is 0 Å². The molecule has 90 valence electrons. The summed E-state index contributed by atoms with van der Waals surface area (Å²) in [6.07, 6.45) is 4.92. The van der Waals surface area contributed by atoms with Crippen molar-refractivity contribution < 1.29 is 4.79 Å². The summed E-state index contributed by atoms with van der Waals surface area (Å²) in [5.41, 5.74) is 0.135. The van der Waals surface area contributed by atoms with Crippen molar-refractivity contribution in [2.75, 3.05) is 0 Å². The Hall–Kier alpha value is -1.58. The number of aromatic nitrogens is 1. The first-order valence-electron chi connectivity index (χ1n) is 6.24. The molecule has 0 aliphatic heterocycles. The van der Waals surface area contributed by atoms with E-state index < -0.39 is 0 Å².